The molecule has 8 nitrogen and oxygen atoms in total. The Balaban J connectivity index is 1.57. The summed E-state index contributed by atoms with van der Waals surface area (Å²) in [4.78, 5) is 18.0. The van der Waals surface area contributed by atoms with Gasteiger partial charge in [0.1, 0.15) is 0 Å². The predicted octanol–water partition coefficient (Wildman–Crippen LogP) is 3.30. The molecule has 0 radical (unpaired) electrons. The molecule has 28 heavy (non-hydrogen) atoms. The minimum absolute atomic E-state index is 0.202. The summed E-state index contributed by atoms with van der Waals surface area (Å²) in [6, 6.07) is 11.3. The second kappa shape index (κ2) is 8.08. The van der Waals surface area contributed by atoms with Gasteiger partial charge in [0.2, 0.25) is 5.89 Å². The number of hydrogen-bond donors (Lipinski definition) is 2. The Kier molecular flexibility index (Phi) is 5.58. The largest absolute Gasteiger partial charge is 0.403 e. The van der Waals surface area contributed by atoms with Gasteiger partial charge < -0.3 is 20.0 Å². The molecule has 0 aliphatic heterocycles. The summed E-state index contributed by atoms with van der Waals surface area (Å²) in [5, 5.41) is 13.7. The maximum atomic E-state index is 12.2. The lowest BCUT2D eigenvalue weighted by Gasteiger charge is -2.25. The molecular formula is C20H24N6O2. The molecule has 2 aromatic heterocycles. The highest BCUT2D eigenvalue weighted by Crippen LogP contribution is 2.23. The van der Waals surface area contributed by atoms with Gasteiger partial charge in [0.05, 0.1) is 0 Å². The predicted molar refractivity (Wildman–Crippen MR) is 108 cm³/mol. The van der Waals surface area contributed by atoms with E-state index in [0.717, 1.165) is 11.1 Å². The van der Waals surface area contributed by atoms with E-state index in [2.05, 4.69) is 39.7 Å². The lowest BCUT2D eigenvalue weighted by molar-refractivity contribution is 0.249. The first-order valence-electron chi connectivity index (χ1n) is 8.92. The fourth-order valence-electron chi connectivity index (χ4n) is 2.59. The van der Waals surface area contributed by atoms with Gasteiger partial charge in [0.25, 0.3) is 0 Å². The van der Waals surface area contributed by atoms with E-state index < -0.39 is 0 Å². The number of aromatic nitrogens is 3. The smallest absolute Gasteiger partial charge is 0.319 e. The number of pyridine rings is 1. The fourth-order valence-corrected chi connectivity index (χ4v) is 2.59. The van der Waals surface area contributed by atoms with Gasteiger partial charge in [-0.1, -0.05) is 18.9 Å². The minimum atomic E-state index is -0.262. The normalized spacial score (nSPS) is 11.1. The molecule has 3 aromatic rings. The molecule has 0 fully saturated rings. The topological polar surface area (TPSA) is 96.2 Å². The number of rotatable bonds is 6. The van der Waals surface area contributed by atoms with Crippen LogP contribution >= 0.6 is 0 Å². The summed E-state index contributed by atoms with van der Waals surface area (Å²) in [7, 11) is 3.66. The Morgan fingerprint density at radius 2 is 1.75 bits per heavy atom. The number of amides is 2. The zero-order valence-corrected chi connectivity index (χ0v) is 16.4. The average molecular weight is 380 g/mol. The first kappa shape index (κ1) is 19.3. The quantitative estimate of drug-likeness (QED) is 0.681. The van der Waals surface area contributed by atoms with Gasteiger partial charge in [0.15, 0.2) is 0 Å². The highest BCUT2D eigenvalue weighted by atomic mass is 16.4. The van der Waals surface area contributed by atoms with Crippen molar-refractivity contribution < 1.29 is 9.21 Å². The lowest BCUT2D eigenvalue weighted by Crippen LogP contribution is -2.38. The Morgan fingerprint density at radius 1 is 1.07 bits per heavy atom. The van der Waals surface area contributed by atoms with Gasteiger partial charge in [-0.2, -0.15) is 0 Å². The summed E-state index contributed by atoms with van der Waals surface area (Å²) in [6.07, 6.45) is 3.51. The summed E-state index contributed by atoms with van der Waals surface area (Å²) >= 11 is 0. The molecule has 0 aliphatic rings. The van der Waals surface area contributed by atoms with Crippen molar-refractivity contribution >= 4 is 17.7 Å². The van der Waals surface area contributed by atoms with E-state index in [1.54, 1.807) is 29.4 Å². The molecule has 146 valence electrons. The van der Waals surface area contributed by atoms with E-state index in [4.69, 9.17) is 4.42 Å². The maximum absolute atomic E-state index is 12.2. The Hall–Kier alpha value is -3.42. The van der Waals surface area contributed by atoms with Crippen molar-refractivity contribution in [2.75, 3.05) is 30.9 Å². The number of nitrogens with zero attached hydrogens (tertiary/aromatic N) is 4. The Labute approximate surface area is 164 Å². The van der Waals surface area contributed by atoms with Crippen LogP contribution in [0.5, 0.6) is 0 Å². The van der Waals surface area contributed by atoms with Crippen molar-refractivity contribution in [3.63, 3.8) is 0 Å². The van der Waals surface area contributed by atoms with E-state index >= 15 is 0 Å². The van der Waals surface area contributed by atoms with Gasteiger partial charge in [-0.05, 0) is 42.0 Å². The highest BCUT2D eigenvalue weighted by molar-refractivity contribution is 5.89. The third-order valence-electron chi connectivity index (χ3n) is 4.34. The van der Waals surface area contributed by atoms with Crippen LogP contribution in [0.4, 0.5) is 16.5 Å². The molecule has 0 atom stereocenters. The first-order chi connectivity index (χ1) is 13.3. The van der Waals surface area contributed by atoms with E-state index in [9.17, 15) is 4.79 Å². The molecule has 2 N–H and O–H groups in total. The SMILES string of the molecule is CN(C)c1nnc(-c2ccc(NC(=O)NCC(C)(C)c3ccncc3)cc2)o1. The molecule has 0 bridgehead atoms. The number of carbonyl (C=O) groups is 1. The van der Waals surface area contributed by atoms with Crippen molar-refractivity contribution in [2.45, 2.75) is 19.3 Å². The average Bonchev–Trinajstić information content (AvgIpc) is 3.18. The molecule has 0 spiro atoms. The summed E-state index contributed by atoms with van der Waals surface area (Å²) in [5.74, 6) is 0.429. The molecule has 8 heteroatoms. The lowest BCUT2D eigenvalue weighted by atomic mass is 9.85. The highest BCUT2D eigenvalue weighted by Gasteiger charge is 2.21. The van der Waals surface area contributed by atoms with Gasteiger partial charge in [-0.3, -0.25) is 4.98 Å². The maximum Gasteiger partial charge on any atom is 0.319 e. The zero-order valence-electron chi connectivity index (χ0n) is 16.4. The second-order valence-electron chi connectivity index (χ2n) is 7.29. The number of urea groups is 1. The van der Waals surface area contributed by atoms with Crippen LogP contribution in [0.3, 0.4) is 0 Å². The van der Waals surface area contributed by atoms with Crippen LogP contribution in [-0.2, 0) is 5.41 Å². The van der Waals surface area contributed by atoms with E-state index in [-0.39, 0.29) is 11.4 Å². The molecule has 2 heterocycles. The third kappa shape index (κ3) is 4.64. The van der Waals surface area contributed by atoms with Crippen molar-refractivity contribution in [1.82, 2.24) is 20.5 Å². The molecule has 2 amide bonds. The van der Waals surface area contributed by atoms with Gasteiger partial charge in [-0.15, -0.1) is 5.10 Å². The van der Waals surface area contributed by atoms with Crippen molar-refractivity contribution in [1.29, 1.82) is 0 Å². The Morgan fingerprint density at radius 3 is 2.36 bits per heavy atom. The van der Waals surface area contributed by atoms with Crippen molar-refractivity contribution in [3.8, 4) is 11.5 Å². The van der Waals surface area contributed by atoms with E-state index in [0.29, 0.717) is 24.1 Å². The van der Waals surface area contributed by atoms with Crippen LogP contribution in [0.2, 0.25) is 0 Å². The zero-order chi connectivity index (χ0) is 20.1. The summed E-state index contributed by atoms with van der Waals surface area (Å²) < 4.78 is 5.57. The summed E-state index contributed by atoms with van der Waals surface area (Å²) in [6.45, 7) is 4.64. The second-order valence-corrected chi connectivity index (χ2v) is 7.29. The fraction of sp³-hybridized carbons (Fsp3) is 0.300. The van der Waals surface area contributed by atoms with E-state index in [1.807, 2.05) is 38.4 Å². The van der Waals surface area contributed by atoms with Crippen LogP contribution < -0.4 is 15.5 Å². The standard InChI is InChI=1S/C20H24N6O2/c1-20(2,15-9-11-21-12-10-15)13-22-18(27)23-16-7-5-14(6-8-16)17-24-25-19(28-17)26(3)4/h5-12H,13H2,1-4H3,(H2,22,23,27). The van der Waals surface area contributed by atoms with Gasteiger partial charge in [0, 0.05) is 49.7 Å². The number of nitrogens with one attached hydrogen (secondary N) is 2. The minimum Gasteiger partial charge on any atom is -0.403 e. The molecule has 0 aliphatic carbocycles. The number of benzene rings is 1. The van der Waals surface area contributed by atoms with Crippen LogP contribution in [-0.4, -0.2) is 41.9 Å². The van der Waals surface area contributed by atoms with Crippen LogP contribution in [0.1, 0.15) is 19.4 Å². The Bertz CT molecular complexity index is 919. The van der Waals surface area contributed by atoms with Crippen molar-refractivity contribution in [3.05, 3.63) is 54.4 Å². The number of hydrogen-bond acceptors (Lipinski definition) is 6. The first-order valence-corrected chi connectivity index (χ1v) is 8.92. The summed E-state index contributed by atoms with van der Waals surface area (Å²) in [5.41, 5.74) is 2.37. The van der Waals surface area contributed by atoms with Gasteiger partial charge >= 0.3 is 12.0 Å². The number of carbonyl (C=O) groups excluding carboxylic acids is 1. The van der Waals surface area contributed by atoms with Crippen LogP contribution in [0, 0.1) is 0 Å². The molecule has 0 saturated heterocycles. The molecule has 0 saturated carbocycles. The molecule has 1 aromatic carbocycles. The molecular weight excluding hydrogens is 356 g/mol. The van der Waals surface area contributed by atoms with Crippen LogP contribution in [0.25, 0.3) is 11.5 Å². The van der Waals surface area contributed by atoms with E-state index in [1.165, 1.54) is 0 Å². The number of anilines is 2. The third-order valence-corrected chi connectivity index (χ3v) is 4.34. The van der Waals surface area contributed by atoms with Crippen LogP contribution in [0.15, 0.2) is 53.2 Å². The monoisotopic (exact) mass is 380 g/mol. The van der Waals surface area contributed by atoms with Crippen molar-refractivity contribution in [2.24, 2.45) is 0 Å². The van der Waals surface area contributed by atoms with Gasteiger partial charge in [-0.25, -0.2) is 4.79 Å². The molecule has 3 rings (SSSR count). The molecule has 0 unspecified atom stereocenters.